The number of carbonyl (C=O) groups excluding carboxylic acids is 1. The molecule has 6 heteroatoms. The molecule has 1 aliphatic rings. The van der Waals surface area contributed by atoms with Crippen LogP contribution in [0.3, 0.4) is 0 Å². The van der Waals surface area contributed by atoms with Gasteiger partial charge >= 0.3 is 5.97 Å². The van der Waals surface area contributed by atoms with Crippen molar-refractivity contribution >= 4 is 27.2 Å². The fraction of sp³-hybridized carbons (Fsp3) is 0.174. The summed E-state index contributed by atoms with van der Waals surface area (Å²) in [5, 5.41) is 0. The van der Waals surface area contributed by atoms with Crippen LogP contribution in [0.15, 0.2) is 82.6 Å². The zero-order chi connectivity index (χ0) is 20.6. The molecule has 0 aromatic heterocycles. The molecule has 1 aliphatic heterocycles. The Morgan fingerprint density at radius 3 is 2.31 bits per heavy atom. The molecule has 0 N–H and O–H groups in total. The van der Waals surface area contributed by atoms with Crippen LogP contribution in [0.1, 0.15) is 31.1 Å². The molecule has 1 heterocycles. The molecule has 1 unspecified atom stereocenters. The van der Waals surface area contributed by atoms with Crippen LogP contribution in [0.25, 0.3) is 0 Å². The summed E-state index contributed by atoms with van der Waals surface area (Å²) >= 11 is 0. The van der Waals surface area contributed by atoms with Crippen LogP contribution >= 0.6 is 0 Å². The summed E-state index contributed by atoms with van der Waals surface area (Å²) in [5.74, 6) is -0.380. The Balaban J connectivity index is 1.88. The summed E-state index contributed by atoms with van der Waals surface area (Å²) in [6.07, 6.45) is -0.476. The van der Waals surface area contributed by atoms with Gasteiger partial charge in [0.2, 0.25) is 9.84 Å². The highest BCUT2D eigenvalue weighted by Gasteiger charge is 2.34. The second-order valence-electron chi connectivity index (χ2n) is 7.02. The van der Waals surface area contributed by atoms with Gasteiger partial charge in [-0.3, -0.25) is 4.79 Å². The molecule has 0 saturated carbocycles. The topological polar surface area (TPSA) is 63.7 Å². The molecule has 3 aromatic rings. The molecular formula is C23H21NO4S. The molecular weight excluding hydrogens is 386 g/mol. The van der Waals surface area contributed by atoms with E-state index < -0.39 is 15.9 Å². The van der Waals surface area contributed by atoms with Gasteiger partial charge in [0.15, 0.2) is 0 Å². The molecule has 3 aromatic carbocycles. The number of hydrogen-bond acceptors (Lipinski definition) is 5. The van der Waals surface area contributed by atoms with Crippen molar-refractivity contribution < 1.29 is 17.9 Å². The maximum Gasteiger partial charge on any atom is 0.303 e. The van der Waals surface area contributed by atoms with Gasteiger partial charge in [0.25, 0.3) is 0 Å². The van der Waals surface area contributed by atoms with E-state index >= 15 is 0 Å². The molecule has 29 heavy (non-hydrogen) atoms. The van der Waals surface area contributed by atoms with Gasteiger partial charge in [0.05, 0.1) is 21.2 Å². The van der Waals surface area contributed by atoms with Crippen molar-refractivity contribution in [1.82, 2.24) is 0 Å². The average Bonchev–Trinajstić information content (AvgIpc) is 2.71. The highest BCUT2D eigenvalue weighted by Crippen LogP contribution is 2.45. The van der Waals surface area contributed by atoms with E-state index in [1.54, 1.807) is 37.3 Å². The number of fused-ring (bicyclic) bond motifs is 2. The number of hydrogen-bond donors (Lipinski definition) is 0. The molecule has 148 valence electrons. The lowest BCUT2D eigenvalue weighted by atomic mass is 10.1. The number of esters is 1. The van der Waals surface area contributed by atoms with E-state index in [4.69, 9.17) is 4.74 Å². The lowest BCUT2D eigenvalue weighted by molar-refractivity contribution is -0.145. The number of rotatable bonds is 4. The molecule has 0 fully saturated rings. The predicted octanol–water partition coefficient (Wildman–Crippen LogP) is 4.80. The van der Waals surface area contributed by atoms with Crippen molar-refractivity contribution in [1.29, 1.82) is 0 Å². The van der Waals surface area contributed by atoms with E-state index in [9.17, 15) is 13.2 Å². The zero-order valence-electron chi connectivity index (χ0n) is 16.2. The number of carbonyl (C=O) groups is 1. The van der Waals surface area contributed by atoms with Gasteiger partial charge in [-0.25, -0.2) is 8.42 Å². The van der Waals surface area contributed by atoms with E-state index in [2.05, 4.69) is 0 Å². The zero-order valence-corrected chi connectivity index (χ0v) is 17.0. The third kappa shape index (κ3) is 3.51. The van der Waals surface area contributed by atoms with Gasteiger partial charge in [0, 0.05) is 13.5 Å². The highest BCUT2D eigenvalue weighted by atomic mass is 32.2. The summed E-state index contributed by atoms with van der Waals surface area (Å²) in [6.45, 7) is 3.65. The van der Waals surface area contributed by atoms with Crippen molar-refractivity contribution in [2.24, 2.45) is 0 Å². The Labute approximate surface area is 170 Å². The second kappa shape index (κ2) is 7.37. The van der Waals surface area contributed by atoms with Gasteiger partial charge in [-0.05, 0) is 42.3 Å². The maximum absolute atomic E-state index is 13.2. The van der Waals surface area contributed by atoms with E-state index in [0.717, 1.165) is 11.1 Å². The Morgan fingerprint density at radius 1 is 0.931 bits per heavy atom. The molecule has 0 aliphatic carbocycles. The van der Waals surface area contributed by atoms with Gasteiger partial charge in [-0.1, -0.05) is 48.5 Å². The first-order valence-electron chi connectivity index (χ1n) is 9.34. The fourth-order valence-electron chi connectivity index (χ4n) is 3.63. The molecule has 0 saturated heterocycles. The minimum absolute atomic E-state index is 0.255. The minimum atomic E-state index is -3.64. The average molecular weight is 407 g/mol. The van der Waals surface area contributed by atoms with Crippen molar-refractivity contribution in [2.45, 2.75) is 36.3 Å². The molecule has 5 nitrogen and oxygen atoms in total. The lowest BCUT2D eigenvalue weighted by Crippen LogP contribution is -2.26. The molecule has 1 atom stereocenters. The van der Waals surface area contributed by atoms with Crippen LogP contribution in [0.4, 0.5) is 11.4 Å². The Morgan fingerprint density at radius 2 is 1.59 bits per heavy atom. The van der Waals surface area contributed by atoms with Gasteiger partial charge in [0.1, 0.15) is 6.10 Å². The van der Waals surface area contributed by atoms with E-state index in [-0.39, 0.29) is 10.9 Å². The fourth-order valence-corrected chi connectivity index (χ4v) is 5.27. The number of nitrogens with zero attached hydrogens (tertiary/aromatic N) is 1. The van der Waals surface area contributed by atoms with Crippen LogP contribution in [-0.4, -0.2) is 14.4 Å². The quantitative estimate of drug-likeness (QED) is 0.582. The first-order valence-corrected chi connectivity index (χ1v) is 10.8. The minimum Gasteiger partial charge on any atom is -0.458 e. The summed E-state index contributed by atoms with van der Waals surface area (Å²) in [4.78, 5) is 13.9. The van der Waals surface area contributed by atoms with Gasteiger partial charge in [-0.2, -0.15) is 0 Å². The second-order valence-corrected chi connectivity index (χ2v) is 8.91. The van der Waals surface area contributed by atoms with Gasteiger partial charge in [-0.15, -0.1) is 0 Å². The summed E-state index contributed by atoms with van der Waals surface area (Å²) in [5.41, 5.74) is 3.03. The monoisotopic (exact) mass is 407 g/mol. The molecule has 0 radical (unpaired) electrons. The molecule has 4 rings (SSSR count). The smallest absolute Gasteiger partial charge is 0.303 e. The Kier molecular flexibility index (Phi) is 4.88. The van der Waals surface area contributed by atoms with Crippen molar-refractivity contribution in [2.75, 3.05) is 4.90 Å². The third-order valence-electron chi connectivity index (χ3n) is 5.00. The van der Waals surface area contributed by atoms with Crippen LogP contribution < -0.4 is 4.90 Å². The Bertz CT molecular complexity index is 1170. The van der Waals surface area contributed by atoms with Crippen LogP contribution in [0.5, 0.6) is 0 Å². The number of benzene rings is 3. The first-order chi connectivity index (χ1) is 13.9. The number of para-hydroxylation sites is 1. The lowest BCUT2D eigenvalue weighted by Gasteiger charge is -2.33. The number of anilines is 2. The van der Waals surface area contributed by atoms with Crippen LogP contribution in [0.2, 0.25) is 0 Å². The van der Waals surface area contributed by atoms with Crippen LogP contribution in [-0.2, 0) is 25.9 Å². The molecule has 0 spiro atoms. The van der Waals surface area contributed by atoms with E-state index in [0.29, 0.717) is 22.8 Å². The van der Waals surface area contributed by atoms with E-state index in [1.165, 1.54) is 6.92 Å². The standard InChI is InChI=1S/C23H21NO4S/c1-16(28-17(2)25)19-12-13-23-21(14-19)24(15-18-8-4-3-5-9-18)20-10-6-7-11-22(20)29(23,26)27/h3-14,16H,15H2,1-2H3. The SMILES string of the molecule is CC(=O)OC(C)c1ccc2c(c1)N(Cc1ccccc1)c1ccccc1S2(=O)=O. The number of sulfone groups is 1. The highest BCUT2D eigenvalue weighted by molar-refractivity contribution is 7.92. The summed E-state index contributed by atoms with van der Waals surface area (Å²) in [6, 6.07) is 22.0. The van der Waals surface area contributed by atoms with Crippen molar-refractivity contribution in [3.8, 4) is 0 Å². The molecule has 0 amide bonds. The normalized spacial score (nSPS) is 15.2. The number of ether oxygens (including phenoxy) is 1. The summed E-state index contributed by atoms with van der Waals surface area (Å²) in [7, 11) is -3.64. The van der Waals surface area contributed by atoms with Gasteiger partial charge < -0.3 is 9.64 Å². The largest absolute Gasteiger partial charge is 0.458 e. The summed E-state index contributed by atoms with van der Waals surface area (Å²) < 4.78 is 31.8. The first kappa shape index (κ1) is 19.2. The van der Waals surface area contributed by atoms with Crippen LogP contribution in [0, 0.1) is 0 Å². The molecule has 0 bridgehead atoms. The van der Waals surface area contributed by atoms with E-state index in [1.807, 2.05) is 47.4 Å². The third-order valence-corrected chi connectivity index (χ3v) is 6.85. The predicted molar refractivity (Wildman–Crippen MR) is 111 cm³/mol. The van der Waals surface area contributed by atoms with Crippen molar-refractivity contribution in [3.05, 3.63) is 83.9 Å². The Hall–Kier alpha value is -3.12. The van der Waals surface area contributed by atoms with Crippen molar-refractivity contribution in [3.63, 3.8) is 0 Å². The maximum atomic E-state index is 13.2.